The Morgan fingerprint density at radius 2 is 2.17 bits per heavy atom. The van der Waals surface area contributed by atoms with Crippen molar-refractivity contribution in [3.05, 3.63) is 47.8 Å². The van der Waals surface area contributed by atoms with E-state index in [2.05, 4.69) is 30.3 Å². The summed E-state index contributed by atoms with van der Waals surface area (Å²) in [6.07, 6.45) is 3.25. The summed E-state index contributed by atoms with van der Waals surface area (Å²) in [4.78, 5) is 11.9. The second kappa shape index (κ2) is 5.04. The van der Waals surface area contributed by atoms with E-state index < -0.39 is 0 Å². The number of rotatable bonds is 3. The zero-order valence-corrected chi connectivity index (χ0v) is 10.8. The normalized spacial score (nSPS) is 10.7. The Morgan fingerprint density at radius 1 is 1.39 bits per heavy atom. The van der Waals surface area contributed by atoms with Gasteiger partial charge in [-0.25, -0.2) is 0 Å². The number of carbonyl (C=O) groups excluding carboxylic acids is 1. The van der Waals surface area contributed by atoms with Crippen LogP contribution in [0.25, 0.3) is 0 Å². The van der Waals surface area contributed by atoms with Crippen LogP contribution < -0.4 is 5.32 Å². The number of aromatic nitrogens is 2. The summed E-state index contributed by atoms with van der Waals surface area (Å²) in [7, 11) is 1.79. The lowest BCUT2D eigenvalue weighted by Gasteiger charge is -2.08. The van der Waals surface area contributed by atoms with Crippen molar-refractivity contribution in [3.8, 4) is 0 Å². The van der Waals surface area contributed by atoms with Gasteiger partial charge in [0.1, 0.15) is 0 Å². The standard InChI is InChI=1S/C14H17N3O/c1-10(2)11-5-4-6-13(7-11)16-14(18)12-8-15-17(3)9-12/h4-10H,1-3H3,(H,16,18). The number of nitrogens with zero attached hydrogens (tertiary/aromatic N) is 2. The molecule has 0 fully saturated rings. The summed E-state index contributed by atoms with van der Waals surface area (Å²) in [5, 5.41) is 6.86. The molecule has 0 radical (unpaired) electrons. The first-order valence-corrected chi connectivity index (χ1v) is 5.96. The van der Waals surface area contributed by atoms with Crippen LogP contribution in [-0.4, -0.2) is 15.7 Å². The maximum Gasteiger partial charge on any atom is 0.258 e. The molecule has 0 saturated carbocycles. The number of nitrogens with one attached hydrogen (secondary N) is 1. The van der Waals surface area contributed by atoms with Gasteiger partial charge >= 0.3 is 0 Å². The molecule has 0 saturated heterocycles. The van der Waals surface area contributed by atoms with Gasteiger partial charge in [-0.2, -0.15) is 5.10 Å². The van der Waals surface area contributed by atoms with Gasteiger partial charge in [0.15, 0.2) is 0 Å². The fourth-order valence-corrected chi connectivity index (χ4v) is 1.72. The van der Waals surface area contributed by atoms with Crippen LogP contribution in [0.2, 0.25) is 0 Å². The van der Waals surface area contributed by atoms with Gasteiger partial charge < -0.3 is 5.32 Å². The van der Waals surface area contributed by atoms with Crippen LogP contribution in [0.3, 0.4) is 0 Å². The van der Waals surface area contributed by atoms with Crippen LogP contribution in [0.15, 0.2) is 36.7 Å². The van der Waals surface area contributed by atoms with Gasteiger partial charge in [0, 0.05) is 18.9 Å². The van der Waals surface area contributed by atoms with E-state index in [9.17, 15) is 4.79 Å². The predicted octanol–water partition coefficient (Wildman–Crippen LogP) is 2.80. The number of benzene rings is 1. The van der Waals surface area contributed by atoms with Crippen molar-refractivity contribution < 1.29 is 4.79 Å². The van der Waals surface area contributed by atoms with Gasteiger partial charge in [-0.1, -0.05) is 26.0 Å². The highest BCUT2D eigenvalue weighted by atomic mass is 16.1. The first-order valence-electron chi connectivity index (χ1n) is 5.96. The summed E-state index contributed by atoms with van der Waals surface area (Å²) in [5.41, 5.74) is 2.58. The van der Waals surface area contributed by atoms with Gasteiger partial charge in [0.05, 0.1) is 11.8 Å². The second-order valence-corrected chi connectivity index (χ2v) is 4.64. The molecule has 4 nitrogen and oxygen atoms in total. The molecule has 1 aromatic heterocycles. The number of hydrogen-bond acceptors (Lipinski definition) is 2. The Kier molecular flexibility index (Phi) is 3.46. The van der Waals surface area contributed by atoms with Crippen LogP contribution in [0, 0.1) is 0 Å². The summed E-state index contributed by atoms with van der Waals surface area (Å²) in [6, 6.07) is 7.90. The van der Waals surface area contributed by atoms with E-state index >= 15 is 0 Å². The van der Waals surface area contributed by atoms with Crippen molar-refractivity contribution >= 4 is 11.6 Å². The zero-order valence-electron chi connectivity index (χ0n) is 10.8. The van der Waals surface area contributed by atoms with Crippen molar-refractivity contribution in [1.82, 2.24) is 9.78 Å². The molecule has 0 spiro atoms. The Balaban J connectivity index is 2.14. The van der Waals surface area contributed by atoms with Crippen molar-refractivity contribution in [3.63, 3.8) is 0 Å². The number of anilines is 1. The maximum absolute atomic E-state index is 11.9. The molecule has 1 N–H and O–H groups in total. The van der Waals surface area contributed by atoms with Gasteiger partial charge in [-0.3, -0.25) is 9.48 Å². The highest BCUT2D eigenvalue weighted by molar-refractivity contribution is 6.03. The van der Waals surface area contributed by atoms with Crippen LogP contribution in [-0.2, 0) is 7.05 Å². The van der Waals surface area contributed by atoms with E-state index in [1.165, 1.54) is 5.56 Å². The van der Waals surface area contributed by atoms with E-state index in [0.717, 1.165) is 5.69 Å². The number of amides is 1. The van der Waals surface area contributed by atoms with E-state index in [0.29, 0.717) is 11.5 Å². The smallest absolute Gasteiger partial charge is 0.258 e. The summed E-state index contributed by atoms with van der Waals surface area (Å²) in [5.74, 6) is 0.309. The number of carbonyl (C=O) groups is 1. The first-order chi connectivity index (χ1) is 8.56. The topological polar surface area (TPSA) is 46.9 Å². The van der Waals surface area contributed by atoms with Gasteiger partial charge in [0.25, 0.3) is 5.91 Å². The molecule has 2 aromatic rings. The number of hydrogen-bond donors (Lipinski definition) is 1. The monoisotopic (exact) mass is 243 g/mol. The first kappa shape index (κ1) is 12.4. The summed E-state index contributed by atoms with van der Waals surface area (Å²) in [6.45, 7) is 4.25. The minimum Gasteiger partial charge on any atom is -0.322 e. The minimum atomic E-state index is -0.135. The highest BCUT2D eigenvalue weighted by Gasteiger charge is 2.08. The summed E-state index contributed by atoms with van der Waals surface area (Å²) < 4.78 is 1.61. The maximum atomic E-state index is 11.9. The molecule has 94 valence electrons. The molecular formula is C14H17N3O. The molecule has 18 heavy (non-hydrogen) atoms. The van der Waals surface area contributed by atoms with Crippen molar-refractivity contribution in [2.45, 2.75) is 19.8 Å². The lowest BCUT2D eigenvalue weighted by molar-refractivity contribution is 0.102. The average Bonchev–Trinajstić information content (AvgIpc) is 2.76. The van der Waals surface area contributed by atoms with E-state index in [1.807, 2.05) is 18.2 Å². The van der Waals surface area contributed by atoms with Gasteiger partial charge in [-0.15, -0.1) is 0 Å². The van der Waals surface area contributed by atoms with E-state index in [-0.39, 0.29) is 5.91 Å². The third-order valence-electron chi connectivity index (χ3n) is 2.78. The van der Waals surface area contributed by atoms with Crippen LogP contribution in [0.5, 0.6) is 0 Å². The fourth-order valence-electron chi connectivity index (χ4n) is 1.72. The second-order valence-electron chi connectivity index (χ2n) is 4.64. The van der Waals surface area contributed by atoms with E-state index in [1.54, 1.807) is 24.1 Å². The van der Waals surface area contributed by atoms with E-state index in [4.69, 9.17) is 0 Å². The molecule has 0 aliphatic heterocycles. The molecular weight excluding hydrogens is 226 g/mol. The Hall–Kier alpha value is -2.10. The third kappa shape index (κ3) is 2.77. The van der Waals surface area contributed by atoms with Crippen molar-refractivity contribution in [2.24, 2.45) is 7.05 Å². The molecule has 4 heteroatoms. The van der Waals surface area contributed by atoms with Gasteiger partial charge in [0.2, 0.25) is 0 Å². The molecule has 1 aromatic carbocycles. The quantitative estimate of drug-likeness (QED) is 0.901. The summed E-state index contributed by atoms with van der Waals surface area (Å²) >= 11 is 0. The van der Waals surface area contributed by atoms with Crippen LogP contribution >= 0.6 is 0 Å². The number of aryl methyl sites for hydroxylation is 1. The molecule has 1 heterocycles. The molecule has 0 aliphatic rings. The zero-order chi connectivity index (χ0) is 13.1. The minimum absolute atomic E-state index is 0.135. The molecule has 0 bridgehead atoms. The Morgan fingerprint density at radius 3 is 2.78 bits per heavy atom. The largest absolute Gasteiger partial charge is 0.322 e. The molecule has 0 atom stereocenters. The Bertz CT molecular complexity index is 558. The average molecular weight is 243 g/mol. The third-order valence-corrected chi connectivity index (χ3v) is 2.78. The fraction of sp³-hybridized carbons (Fsp3) is 0.286. The van der Waals surface area contributed by atoms with Crippen LogP contribution in [0.4, 0.5) is 5.69 Å². The lowest BCUT2D eigenvalue weighted by Crippen LogP contribution is -2.11. The Labute approximate surface area is 107 Å². The molecule has 2 rings (SSSR count). The van der Waals surface area contributed by atoms with Crippen LogP contribution in [0.1, 0.15) is 35.7 Å². The molecule has 0 aliphatic carbocycles. The highest BCUT2D eigenvalue weighted by Crippen LogP contribution is 2.18. The predicted molar refractivity (Wildman–Crippen MR) is 71.7 cm³/mol. The SMILES string of the molecule is CC(C)c1cccc(NC(=O)c2cnn(C)c2)c1. The lowest BCUT2D eigenvalue weighted by atomic mass is 10.0. The van der Waals surface area contributed by atoms with Gasteiger partial charge in [-0.05, 0) is 23.6 Å². The molecule has 0 unspecified atom stereocenters. The molecule has 1 amide bonds. The van der Waals surface area contributed by atoms with Crippen molar-refractivity contribution in [2.75, 3.05) is 5.32 Å². The van der Waals surface area contributed by atoms with Crippen molar-refractivity contribution in [1.29, 1.82) is 0 Å².